The molecule has 2 unspecified atom stereocenters. The zero-order valence-electron chi connectivity index (χ0n) is 11.4. The van der Waals surface area contributed by atoms with Gasteiger partial charge in [0.05, 0.1) is 6.61 Å². The van der Waals surface area contributed by atoms with Crippen LogP contribution >= 0.6 is 0 Å². The highest BCUT2D eigenvalue weighted by molar-refractivity contribution is 5.75. The lowest BCUT2D eigenvalue weighted by atomic mass is 9.74. The highest BCUT2D eigenvalue weighted by atomic mass is 16.6. The van der Waals surface area contributed by atoms with E-state index in [2.05, 4.69) is 0 Å². The summed E-state index contributed by atoms with van der Waals surface area (Å²) >= 11 is 0. The molecule has 0 saturated carbocycles. The summed E-state index contributed by atoms with van der Waals surface area (Å²) < 4.78 is 5.20. The first-order valence-electron chi connectivity index (χ1n) is 6.58. The van der Waals surface area contributed by atoms with Crippen molar-refractivity contribution in [2.24, 2.45) is 5.92 Å². The van der Waals surface area contributed by atoms with Gasteiger partial charge in [-0.15, -0.1) is 0 Å². The maximum Gasteiger partial charge on any atom is 0.313 e. The van der Waals surface area contributed by atoms with Crippen LogP contribution in [-0.4, -0.2) is 84.4 Å². The monoisotopic (exact) mass is 318 g/mol. The van der Waals surface area contributed by atoms with Crippen molar-refractivity contribution in [1.29, 1.82) is 0 Å². The molecule has 9 nitrogen and oxygen atoms in total. The highest BCUT2D eigenvalue weighted by Gasteiger charge is 2.56. The minimum atomic E-state index is -2.29. The summed E-state index contributed by atoms with van der Waals surface area (Å²) in [5.41, 5.74) is -2.29. The fourth-order valence-electron chi connectivity index (χ4n) is 2.71. The molecule has 0 aromatic rings. The summed E-state index contributed by atoms with van der Waals surface area (Å²) in [6.45, 7) is -0.708. The van der Waals surface area contributed by atoms with Gasteiger partial charge in [-0.2, -0.15) is 0 Å². The summed E-state index contributed by atoms with van der Waals surface area (Å²) in [4.78, 5) is 11.3. The van der Waals surface area contributed by atoms with E-state index in [0.717, 1.165) is 18.2 Å². The van der Waals surface area contributed by atoms with E-state index in [1.807, 2.05) is 0 Å². The topological polar surface area (TPSA) is 168 Å². The Morgan fingerprint density at radius 3 is 2.41 bits per heavy atom. The zero-order valence-corrected chi connectivity index (χ0v) is 11.4. The number of aliphatic hydroxyl groups excluding tert-OH is 5. The lowest BCUT2D eigenvalue weighted by molar-refractivity contribution is -0.267. The standard InChI is InChI=1S/C13H18O9/c14-4-7-8(16)9(17)10(18)11(22-7)13(21)2-1-5(15)3-6(13)12(19)20/h1-3,6-11,14-18,21H,4H2,(H,19,20)/t6?,7-,8-,9+,10-,11-,13?/m1/s1. The number of rotatable bonds is 3. The largest absolute Gasteiger partial charge is 0.508 e. The van der Waals surface area contributed by atoms with E-state index < -0.39 is 54.6 Å². The lowest BCUT2D eigenvalue weighted by Gasteiger charge is -2.47. The van der Waals surface area contributed by atoms with Crippen LogP contribution in [0, 0.1) is 5.92 Å². The molecule has 22 heavy (non-hydrogen) atoms. The second kappa shape index (κ2) is 5.95. The Bertz CT molecular complexity index is 500. The number of carboxylic acid groups (broad SMARTS) is 1. The van der Waals surface area contributed by atoms with E-state index in [-0.39, 0.29) is 5.76 Å². The first kappa shape index (κ1) is 16.9. The van der Waals surface area contributed by atoms with E-state index in [0.29, 0.717) is 0 Å². The molecule has 124 valence electrons. The van der Waals surface area contributed by atoms with E-state index in [1.165, 1.54) is 0 Å². The molecule has 0 aromatic carbocycles. The Balaban J connectivity index is 2.39. The van der Waals surface area contributed by atoms with Gasteiger partial charge in [0.15, 0.2) is 0 Å². The second-order valence-corrected chi connectivity index (χ2v) is 5.38. The van der Waals surface area contributed by atoms with Gasteiger partial charge in [0.2, 0.25) is 0 Å². The van der Waals surface area contributed by atoms with E-state index in [9.17, 15) is 35.4 Å². The highest BCUT2D eigenvalue weighted by Crippen LogP contribution is 2.37. The Kier molecular flexibility index (Phi) is 4.57. The summed E-state index contributed by atoms with van der Waals surface area (Å²) in [6.07, 6.45) is -5.26. The van der Waals surface area contributed by atoms with Crippen molar-refractivity contribution in [3.8, 4) is 0 Å². The second-order valence-electron chi connectivity index (χ2n) is 5.38. The fraction of sp³-hybridized carbons (Fsp3) is 0.615. The van der Waals surface area contributed by atoms with E-state index in [1.54, 1.807) is 0 Å². The Hall–Kier alpha value is -1.49. The molecule has 1 aliphatic heterocycles. The van der Waals surface area contributed by atoms with Crippen LogP contribution in [0.2, 0.25) is 0 Å². The van der Waals surface area contributed by atoms with Crippen LogP contribution in [0.15, 0.2) is 24.0 Å². The third kappa shape index (κ3) is 2.62. The first-order chi connectivity index (χ1) is 10.2. The first-order valence-corrected chi connectivity index (χ1v) is 6.58. The SMILES string of the molecule is O=C(O)C1C=C(O)C=CC1(O)[C@@H]1O[C@H](CO)[C@@H](O)[C@H](O)[C@H]1O. The number of carbonyl (C=O) groups is 1. The molecular formula is C13H18O9. The van der Waals surface area contributed by atoms with Gasteiger partial charge >= 0.3 is 5.97 Å². The van der Waals surface area contributed by atoms with Crippen LogP contribution in [0.5, 0.6) is 0 Å². The van der Waals surface area contributed by atoms with E-state index in [4.69, 9.17) is 9.84 Å². The Morgan fingerprint density at radius 1 is 1.23 bits per heavy atom. The molecule has 1 heterocycles. The number of aliphatic hydroxyl groups is 6. The molecule has 2 aliphatic rings. The molecule has 1 saturated heterocycles. The van der Waals surface area contributed by atoms with Gasteiger partial charge in [-0.3, -0.25) is 4.79 Å². The predicted molar refractivity (Wildman–Crippen MR) is 69.7 cm³/mol. The van der Waals surface area contributed by atoms with Crippen LogP contribution in [0.1, 0.15) is 0 Å². The van der Waals surface area contributed by atoms with Crippen LogP contribution in [0.3, 0.4) is 0 Å². The number of allylic oxidation sites excluding steroid dienone is 1. The normalized spacial score (nSPS) is 45.4. The molecule has 7 N–H and O–H groups in total. The smallest absolute Gasteiger partial charge is 0.313 e. The molecule has 0 bridgehead atoms. The van der Waals surface area contributed by atoms with Crippen molar-refractivity contribution in [3.63, 3.8) is 0 Å². The molecule has 0 spiro atoms. The lowest BCUT2D eigenvalue weighted by Crippen LogP contribution is -2.67. The quantitative estimate of drug-likeness (QED) is 0.292. The van der Waals surface area contributed by atoms with E-state index >= 15 is 0 Å². The number of aliphatic carboxylic acids is 1. The molecule has 1 fully saturated rings. The molecule has 9 heteroatoms. The molecule has 0 aromatic heterocycles. The van der Waals surface area contributed by atoms with Crippen LogP contribution < -0.4 is 0 Å². The van der Waals surface area contributed by atoms with Gasteiger partial charge in [-0.05, 0) is 18.2 Å². The third-order valence-electron chi connectivity index (χ3n) is 3.97. The van der Waals surface area contributed by atoms with Gasteiger partial charge < -0.3 is 40.5 Å². The molecule has 7 atom stereocenters. The number of ether oxygens (including phenoxy) is 1. The molecule has 1 aliphatic carbocycles. The number of hydrogen-bond donors (Lipinski definition) is 7. The van der Waals surface area contributed by atoms with Crippen molar-refractivity contribution in [2.75, 3.05) is 6.61 Å². The van der Waals surface area contributed by atoms with Crippen LogP contribution in [0.25, 0.3) is 0 Å². The van der Waals surface area contributed by atoms with Crippen molar-refractivity contribution in [1.82, 2.24) is 0 Å². The zero-order chi connectivity index (χ0) is 16.7. The van der Waals surface area contributed by atoms with Gasteiger partial charge in [-0.25, -0.2) is 0 Å². The Morgan fingerprint density at radius 2 is 1.86 bits per heavy atom. The van der Waals surface area contributed by atoms with Crippen molar-refractivity contribution in [3.05, 3.63) is 24.0 Å². The number of carboxylic acids is 1. The minimum absolute atomic E-state index is 0.387. The van der Waals surface area contributed by atoms with Gasteiger partial charge in [0.25, 0.3) is 0 Å². The average Bonchev–Trinajstić information content (AvgIpc) is 2.47. The maximum absolute atomic E-state index is 11.3. The minimum Gasteiger partial charge on any atom is -0.508 e. The molecule has 2 rings (SSSR count). The maximum atomic E-state index is 11.3. The van der Waals surface area contributed by atoms with Crippen molar-refractivity contribution >= 4 is 5.97 Å². The number of hydrogen-bond acceptors (Lipinski definition) is 8. The van der Waals surface area contributed by atoms with Crippen LogP contribution in [0.4, 0.5) is 0 Å². The summed E-state index contributed by atoms with van der Waals surface area (Å²) in [6, 6.07) is 0. The van der Waals surface area contributed by atoms with Crippen molar-refractivity contribution in [2.45, 2.75) is 36.1 Å². The molecular weight excluding hydrogens is 300 g/mol. The predicted octanol–water partition coefficient (Wildman–Crippen LogP) is -2.73. The van der Waals surface area contributed by atoms with Gasteiger partial charge in [0.1, 0.15) is 47.8 Å². The molecule has 0 amide bonds. The average molecular weight is 318 g/mol. The van der Waals surface area contributed by atoms with Crippen molar-refractivity contribution < 1.29 is 45.3 Å². The fourth-order valence-corrected chi connectivity index (χ4v) is 2.71. The Labute approximate surface area is 125 Å². The summed E-state index contributed by atoms with van der Waals surface area (Å²) in [5, 5.41) is 67.9. The van der Waals surface area contributed by atoms with Crippen LogP contribution in [-0.2, 0) is 9.53 Å². The van der Waals surface area contributed by atoms with Gasteiger partial charge in [-0.1, -0.05) is 0 Å². The van der Waals surface area contributed by atoms with Gasteiger partial charge in [0, 0.05) is 0 Å². The summed E-state index contributed by atoms with van der Waals surface area (Å²) in [5.74, 6) is -3.53. The third-order valence-corrected chi connectivity index (χ3v) is 3.97. The molecule has 0 radical (unpaired) electrons. The summed E-state index contributed by atoms with van der Waals surface area (Å²) in [7, 11) is 0.